The second-order valence-electron chi connectivity index (χ2n) is 5.26. The molecule has 19 heavy (non-hydrogen) atoms. The third-order valence-corrected chi connectivity index (χ3v) is 2.74. The molecule has 108 valence electrons. The topological polar surface area (TPSA) is 51.4 Å². The normalized spacial score (nSPS) is 10.8. The summed E-state index contributed by atoms with van der Waals surface area (Å²) in [5, 5.41) is 0. The first-order valence-electron chi connectivity index (χ1n) is 7.22. The fraction of sp³-hybridized carbons (Fsp3) is 0.667. The van der Waals surface area contributed by atoms with Crippen LogP contribution in [-0.2, 0) is 0 Å². The van der Waals surface area contributed by atoms with Gasteiger partial charge in [0.1, 0.15) is 5.82 Å². The lowest BCUT2D eigenvalue weighted by Crippen LogP contribution is -2.26. The highest BCUT2D eigenvalue weighted by molar-refractivity contribution is 5.54. The molecule has 0 aromatic carbocycles. The molecule has 0 aliphatic heterocycles. The number of nitrogens with two attached hydrogens (primary N) is 1. The van der Waals surface area contributed by atoms with E-state index < -0.39 is 0 Å². The first-order valence-corrected chi connectivity index (χ1v) is 7.22. The first kappa shape index (κ1) is 15.6. The van der Waals surface area contributed by atoms with Crippen molar-refractivity contribution in [1.82, 2.24) is 4.98 Å². The molecule has 1 heterocycles. The molecule has 2 N–H and O–H groups in total. The fourth-order valence-corrected chi connectivity index (χ4v) is 1.86. The maximum Gasteiger partial charge on any atom is 0.239 e. The predicted molar refractivity (Wildman–Crippen MR) is 81.8 cm³/mol. The molecule has 0 unspecified atom stereocenters. The van der Waals surface area contributed by atoms with Crippen molar-refractivity contribution >= 4 is 11.5 Å². The molecular weight excluding hydrogens is 238 g/mol. The van der Waals surface area contributed by atoms with E-state index in [2.05, 4.69) is 37.6 Å². The zero-order valence-corrected chi connectivity index (χ0v) is 12.6. The average molecular weight is 265 g/mol. The van der Waals surface area contributed by atoms with Crippen molar-refractivity contribution in [1.29, 1.82) is 0 Å². The van der Waals surface area contributed by atoms with E-state index in [0.717, 1.165) is 31.7 Å². The molecule has 1 aromatic rings. The average Bonchev–Trinajstić information content (AvgIpc) is 2.37. The van der Waals surface area contributed by atoms with Gasteiger partial charge in [0.05, 0.1) is 12.3 Å². The van der Waals surface area contributed by atoms with Crippen LogP contribution in [-0.4, -0.2) is 24.7 Å². The molecule has 1 rings (SSSR count). The summed E-state index contributed by atoms with van der Waals surface area (Å²) in [5.41, 5.74) is 6.53. The van der Waals surface area contributed by atoms with Crippen molar-refractivity contribution in [3.05, 3.63) is 12.1 Å². The Morgan fingerprint density at radius 3 is 2.37 bits per heavy atom. The molecular formula is C15H27N3O. The van der Waals surface area contributed by atoms with Gasteiger partial charge in [-0.25, -0.2) is 0 Å². The van der Waals surface area contributed by atoms with Crippen molar-refractivity contribution in [3.63, 3.8) is 0 Å². The van der Waals surface area contributed by atoms with Gasteiger partial charge in [-0.2, -0.15) is 4.98 Å². The maximum absolute atomic E-state index is 5.92. The van der Waals surface area contributed by atoms with Crippen molar-refractivity contribution in [2.45, 2.75) is 40.5 Å². The molecule has 0 saturated heterocycles. The molecule has 0 aliphatic carbocycles. The molecule has 0 spiro atoms. The molecule has 4 heteroatoms. The van der Waals surface area contributed by atoms with E-state index in [1.807, 2.05) is 12.1 Å². The Labute approximate surface area is 117 Å². The summed E-state index contributed by atoms with van der Waals surface area (Å²) in [4.78, 5) is 6.84. The molecule has 1 aromatic heterocycles. The second-order valence-corrected chi connectivity index (χ2v) is 5.26. The summed E-state index contributed by atoms with van der Waals surface area (Å²) in [7, 11) is 0. The number of rotatable bonds is 8. The highest BCUT2D eigenvalue weighted by Gasteiger charge is 2.10. The number of hydrogen-bond acceptors (Lipinski definition) is 4. The Morgan fingerprint density at radius 2 is 1.84 bits per heavy atom. The third-order valence-electron chi connectivity index (χ3n) is 2.74. The molecule has 0 radical (unpaired) electrons. The van der Waals surface area contributed by atoms with Crippen molar-refractivity contribution in [2.75, 3.05) is 30.3 Å². The van der Waals surface area contributed by atoms with Crippen molar-refractivity contribution in [2.24, 2.45) is 5.92 Å². The molecule has 0 fully saturated rings. The van der Waals surface area contributed by atoms with Gasteiger partial charge in [0, 0.05) is 13.1 Å². The van der Waals surface area contributed by atoms with Crippen LogP contribution in [0.15, 0.2) is 12.1 Å². The summed E-state index contributed by atoms with van der Waals surface area (Å²) < 4.78 is 5.68. The number of hydrogen-bond donors (Lipinski definition) is 1. The lowest BCUT2D eigenvalue weighted by Gasteiger charge is -2.23. The van der Waals surface area contributed by atoms with Crippen LogP contribution in [0.25, 0.3) is 0 Å². The summed E-state index contributed by atoms with van der Waals surface area (Å²) in [6.07, 6.45) is 2.21. The lowest BCUT2D eigenvalue weighted by atomic mass is 10.2. The predicted octanol–water partition coefficient (Wildman–Crippen LogP) is 3.33. The van der Waals surface area contributed by atoms with Crippen LogP contribution >= 0.6 is 0 Å². The van der Waals surface area contributed by atoms with Gasteiger partial charge >= 0.3 is 0 Å². The summed E-state index contributed by atoms with van der Waals surface area (Å²) >= 11 is 0. The number of nitrogens with zero attached hydrogens (tertiary/aromatic N) is 2. The zero-order chi connectivity index (χ0) is 14.3. The van der Waals surface area contributed by atoms with Gasteiger partial charge in [0.15, 0.2) is 0 Å². The van der Waals surface area contributed by atoms with Gasteiger partial charge < -0.3 is 15.4 Å². The SMILES string of the molecule is CCCN(CCC)c1ccc(N)c(OCC(C)C)n1. The minimum absolute atomic E-state index is 0.465. The molecule has 0 saturated carbocycles. The Balaban J connectivity index is 2.85. The molecule has 4 nitrogen and oxygen atoms in total. The maximum atomic E-state index is 5.92. The molecule has 0 bridgehead atoms. The Hall–Kier alpha value is -1.45. The number of pyridine rings is 1. The number of aromatic nitrogens is 1. The first-order chi connectivity index (χ1) is 9.08. The standard InChI is InChI=1S/C15H27N3O/c1-5-9-18(10-6-2)14-8-7-13(16)15(17-14)19-11-12(3)4/h7-8,12H,5-6,9-11,16H2,1-4H3. The largest absolute Gasteiger partial charge is 0.476 e. The summed E-state index contributed by atoms with van der Waals surface area (Å²) in [6, 6.07) is 3.86. The van der Waals surface area contributed by atoms with Gasteiger partial charge in [-0.15, -0.1) is 0 Å². The molecule has 0 aliphatic rings. The van der Waals surface area contributed by atoms with Gasteiger partial charge in [-0.1, -0.05) is 27.7 Å². The summed E-state index contributed by atoms with van der Waals surface area (Å²) in [6.45, 7) is 11.2. The Kier molecular flexibility index (Phi) is 6.46. The van der Waals surface area contributed by atoms with E-state index in [4.69, 9.17) is 10.5 Å². The monoisotopic (exact) mass is 265 g/mol. The number of nitrogen functional groups attached to an aromatic ring is 1. The van der Waals surface area contributed by atoms with Gasteiger partial charge in [0.25, 0.3) is 0 Å². The third kappa shape index (κ3) is 4.97. The van der Waals surface area contributed by atoms with E-state index in [1.165, 1.54) is 0 Å². The number of anilines is 2. The molecule has 0 amide bonds. The molecule has 0 atom stereocenters. The summed E-state index contributed by atoms with van der Waals surface area (Å²) in [5.74, 6) is 1.98. The van der Waals surface area contributed by atoms with Crippen molar-refractivity contribution < 1.29 is 4.74 Å². The van der Waals surface area contributed by atoms with Crippen LogP contribution in [0, 0.1) is 5.92 Å². The van der Waals surface area contributed by atoms with Crippen LogP contribution in [0.1, 0.15) is 40.5 Å². The van der Waals surface area contributed by atoms with Crippen LogP contribution in [0.3, 0.4) is 0 Å². The highest BCUT2D eigenvalue weighted by atomic mass is 16.5. The lowest BCUT2D eigenvalue weighted by molar-refractivity contribution is 0.263. The minimum Gasteiger partial charge on any atom is -0.476 e. The number of ether oxygens (including phenoxy) is 1. The van der Waals surface area contributed by atoms with E-state index in [1.54, 1.807) is 0 Å². The van der Waals surface area contributed by atoms with Gasteiger partial charge in [0.2, 0.25) is 5.88 Å². The smallest absolute Gasteiger partial charge is 0.239 e. The Morgan fingerprint density at radius 1 is 1.21 bits per heavy atom. The van der Waals surface area contributed by atoms with E-state index in [0.29, 0.717) is 24.1 Å². The quantitative estimate of drug-likeness (QED) is 0.783. The van der Waals surface area contributed by atoms with E-state index in [-0.39, 0.29) is 0 Å². The minimum atomic E-state index is 0.465. The van der Waals surface area contributed by atoms with E-state index >= 15 is 0 Å². The van der Waals surface area contributed by atoms with Gasteiger partial charge in [-0.05, 0) is 30.9 Å². The second kappa shape index (κ2) is 7.87. The highest BCUT2D eigenvalue weighted by Crippen LogP contribution is 2.24. The zero-order valence-electron chi connectivity index (χ0n) is 12.6. The Bertz CT molecular complexity index is 374. The van der Waals surface area contributed by atoms with Crippen LogP contribution in [0.5, 0.6) is 5.88 Å². The van der Waals surface area contributed by atoms with E-state index in [9.17, 15) is 0 Å². The van der Waals surface area contributed by atoms with Crippen LogP contribution in [0.4, 0.5) is 11.5 Å². The van der Waals surface area contributed by atoms with Crippen LogP contribution in [0.2, 0.25) is 0 Å². The van der Waals surface area contributed by atoms with Crippen LogP contribution < -0.4 is 15.4 Å². The van der Waals surface area contributed by atoms with Crippen molar-refractivity contribution in [3.8, 4) is 5.88 Å². The van der Waals surface area contributed by atoms with Gasteiger partial charge in [-0.3, -0.25) is 0 Å². The fourth-order valence-electron chi connectivity index (χ4n) is 1.86.